The van der Waals surface area contributed by atoms with E-state index in [2.05, 4.69) is 17.0 Å². The standard InChI is InChI=1S/C34H43N3O6/c1-34(2,3)43-33(39)37-19-18-35(21-25-12-8-7-9-13-25)23-27(37)24-36(32(38)29-14-10-11-15-30(29)41-5)22-26-16-17-28(40-4)20-31(26)42-6/h7-17,20,27H,18-19,21-24H2,1-6H3/t27-/m0/s1. The summed E-state index contributed by atoms with van der Waals surface area (Å²) < 4.78 is 22.4. The zero-order valence-electron chi connectivity index (χ0n) is 26.0. The van der Waals surface area contributed by atoms with Crippen LogP contribution in [0.2, 0.25) is 0 Å². The molecule has 0 radical (unpaired) electrons. The van der Waals surface area contributed by atoms with Gasteiger partial charge in [-0.3, -0.25) is 9.69 Å². The van der Waals surface area contributed by atoms with Crippen LogP contribution in [0, 0.1) is 0 Å². The molecule has 3 aromatic carbocycles. The molecule has 1 aliphatic rings. The predicted octanol–water partition coefficient (Wildman–Crippen LogP) is 5.48. The molecule has 0 aliphatic carbocycles. The van der Waals surface area contributed by atoms with E-state index >= 15 is 0 Å². The predicted molar refractivity (Wildman–Crippen MR) is 166 cm³/mol. The molecule has 3 aromatic rings. The first-order chi connectivity index (χ1) is 20.6. The van der Waals surface area contributed by atoms with Crippen molar-refractivity contribution >= 4 is 12.0 Å². The van der Waals surface area contributed by atoms with Gasteiger partial charge in [0.25, 0.3) is 5.91 Å². The van der Waals surface area contributed by atoms with Gasteiger partial charge in [0, 0.05) is 50.9 Å². The molecule has 230 valence electrons. The molecule has 0 aromatic heterocycles. The van der Waals surface area contributed by atoms with Crippen LogP contribution in [-0.4, -0.2) is 85.9 Å². The molecule has 0 saturated carbocycles. The Morgan fingerprint density at radius 2 is 1.56 bits per heavy atom. The van der Waals surface area contributed by atoms with Crippen LogP contribution in [0.25, 0.3) is 0 Å². The molecule has 1 aliphatic heterocycles. The summed E-state index contributed by atoms with van der Waals surface area (Å²) in [4.78, 5) is 33.5. The molecular weight excluding hydrogens is 546 g/mol. The molecule has 9 heteroatoms. The minimum absolute atomic E-state index is 0.209. The van der Waals surface area contributed by atoms with Crippen molar-refractivity contribution in [1.82, 2.24) is 14.7 Å². The molecular formula is C34H43N3O6. The lowest BCUT2D eigenvalue weighted by atomic mass is 10.1. The highest BCUT2D eigenvalue weighted by atomic mass is 16.6. The number of amides is 2. The van der Waals surface area contributed by atoms with Crippen LogP contribution in [0.15, 0.2) is 72.8 Å². The van der Waals surface area contributed by atoms with E-state index in [1.54, 1.807) is 49.3 Å². The monoisotopic (exact) mass is 589 g/mol. The molecule has 1 saturated heterocycles. The molecule has 43 heavy (non-hydrogen) atoms. The average molecular weight is 590 g/mol. The van der Waals surface area contributed by atoms with Crippen LogP contribution in [0.4, 0.5) is 4.79 Å². The van der Waals surface area contributed by atoms with Gasteiger partial charge in [-0.25, -0.2) is 4.79 Å². The van der Waals surface area contributed by atoms with E-state index in [0.717, 1.165) is 12.1 Å². The summed E-state index contributed by atoms with van der Waals surface area (Å²) in [5, 5.41) is 0. The fourth-order valence-electron chi connectivity index (χ4n) is 5.28. The van der Waals surface area contributed by atoms with Crippen molar-refractivity contribution in [1.29, 1.82) is 0 Å². The van der Waals surface area contributed by atoms with Crippen molar-refractivity contribution in [3.8, 4) is 17.2 Å². The Morgan fingerprint density at radius 1 is 0.860 bits per heavy atom. The Hall–Kier alpha value is -4.24. The Labute approximate surface area is 254 Å². The lowest BCUT2D eigenvalue weighted by Crippen LogP contribution is -2.59. The van der Waals surface area contributed by atoms with Gasteiger partial charge in [0.05, 0.1) is 32.9 Å². The number of benzene rings is 3. The molecule has 0 spiro atoms. The molecule has 4 rings (SSSR count). The second kappa shape index (κ2) is 14.3. The first-order valence-electron chi connectivity index (χ1n) is 14.5. The number of rotatable bonds is 10. The van der Waals surface area contributed by atoms with E-state index in [9.17, 15) is 9.59 Å². The molecule has 1 heterocycles. The topological polar surface area (TPSA) is 80.8 Å². The number of carbonyl (C=O) groups excluding carboxylic acids is 2. The summed E-state index contributed by atoms with van der Waals surface area (Å²) in [7, 11) is 4.74. The normalized spacial score (nSPS) is 15.5. The van der Waals surface area contributed by atoms with Gasteiger partial charge in [0.15, 0.2) is 0 Å². The average Bonchev–Trinajstić information content (AvgIpc) is 3.00. The Bertz CT molecular complexity index is 1370. The maximum Gasteiger partial charge on any atom is 0.410 e. The smallest absolute Gasteiger partial charge is 0.410 e. The first-order valence-corrected chi connectivity index (χ1v) is 14.5. The highest BCUT2D eigenvalue weighted by Crippen LogP contribution is 2.28. The fourth-order valence-corrected chi connectivity index (χ4v) is 5.28. The van der Waals surface area contributed by atoms with Crippen molar-refractivity contribution in [2.45, 2.75) is 45.5 Å². The van der Waals surface area contributed by atoms with Crippen LogP contribution < -0.4 is 14.2 Å². The van der Waals surface area contributed by atoms with E-state index in [0.29, 0.717) is 42.4 Å². The number of methoxy groups -OCH3 is 3. The molecule has 1 fully saturated rings. The van der Waals surface area contributed by atoms with Gasteiger partial charge < -0.3 is 28.7 Å². The summed E-state index contributed by atoms with van der Waals surface area (Å²) in [5.74, 6) is 1.54. The van der Waals surface area contributed by atoms with Crippen LogP contribution in [0.1, 0.15) is 42.3 Å². The lowest BCUT2D eigenvalue weighted by molar-refractivity contribution is -0.00857. The number of piperazine rings is 1. The fraction of sp³-hybridized carbons (Fsp3) is 0.412. The van der Waals surface area contributed by atoms with Crippen molar-refractivity contribution in [3.63, 3.8) is 0 Å². The first kappa shape index (κ1) is 31.7. The highest BCUT2D eigenvalue weighted by molar-refractivity contribution is 5.97. The second-order valence-corrected chi connectivity index (χ2v) is 11.6. The van der Waals surface area contributed by atoms with Crippen molar-refractivity contribution in [3.05, 3.63) is 89.5 Å². The maximum absolute atomic E-state index is 14.2. The molecule has 9 nitrogen and oxygen atoms in total. The third-order valence-electron chi connectivity index (χ3n) is 7.36. The van der Waals surface area contributed by atoms with Gasteiger partial charge in [-0.1, -0.05) is 42.5 Å². The van der Waals surface area contributed by atoms with Gasteiger partial charge in [0.2, 0.25) is 0 Å². The summed E-state index contributed by atoms with van der Waals surface area (Å²) >= 11 is 0. The number of ether oxygens (including phenoxy) is 4. The Morgan fingerprint density at radius 3 is 2.23 bits per heavy atom. The van der Waals surface area contributed by atoms with Gasteiger partial charge in [-0.15, -0.1) is 0 Å². The molecule has 2 amide bonds. The minimum atomic E-state index is -0.647. The van der Waals surface area contributed by atoms with Crippen LogP contribution >= 0.6 is 0 Å². The maximum atomic E-state index is 14.2. The quantitative estimate of drug-likeness (QED) is 0.310. The van der Waals surface area contributed by atoms with E-state index in [-0.39, 0.29) is 31.1 Å². The van der Waals surface area contributed by atoms with Gasteiger partial charge in [-0.2, -0.15) is 0 Å². The van der Waals surface area contributed by atoms with Crippen molar-refractivity contribution in [2.75, 3.05) is 47.5 Å². The van der Waals surface area contributed by atoms with Crippen molar-refractivity contribution in [2.24, 2.45) is 0 Å². The van der Waals surface area contributed by atoms with Gasteiger partial charge in [-0.05, 0) is 50.6 Å². The third-order valence-corrected chi connectivity index (χ3v) is 7.36. The summed E-state index contributed by atoms with van der Waals surface area (Å²) in [6, 6.07) is 22.7. The van der Waals surface area contributed by atoms with Crippen LogP contribution in [-0.2, 0) is 17.8 Å². The second-order valence-electron chi connectivity index (χ2n) is 11.6. The number of hydrogen-bond acceptors (Lipinski definition) is 7. The molecule has 0 bridgehead atoms. The van der Waals surface area contributed by atoms with Crippen molar-refractivity contribution < 1.29 is 28.5 Å². The van der Waals surface area contributed by atoms with E-state index in [1.807, 2.05) is 63.2 Å². The SMILES string of the molecule is COc1ccc(CN(C[C@@H]2CN(Cc3ccccc3)CCN2C(=O)OC(C)(C)C)C(=O)c2ccccc2OC)c(OC)c1. The third kappa shape index (κ3) is 8.41. The van der Waals surface area contributed by atoms with Crippen LogP contribution in [0.5, 0.6) is 17.2 Å². The number of hydrogen-bond donors (Lipinski definition) is 0. The summed E-state index contributed by atoms with van der Waals surface area (Å²) in [6.45, 7) is 8.59. The number of para-hydroxylation sites is 1. The summed E-state index contributed by atoms with van der Waals surface area (Å²) in [5.41, 5.74) is 1.80. The molecule has 0 unspecified atom stereocenters. The minimum Gasteiger partial charge on any atom is -0.497 e. The molecule has 1 atom stereocenters. The van der Waals surface area contributed by atoms with Gasteiger partial charge in [0.1, 0.15) is 22.8 Å². The highest BCUT2D eigenvalue weighted by Gasteiger charge is 2.36. The van der Waals surface area contributed by atoms with Gasteiger partial charge >= 0.3 is 6.09 Å². The van der Waals surface area contributed by atoms with Crippen LogP contribution in [0.3, 0.4) is 0 Å². The zero-order valence-corrected chi connectivity index (χ0v) is 26.0. The van der Waals surface area contributed by atoms with E-state index in [1.165, 1.54) is 5.56 Å². The largest absolute Gasteiger partial charge is 0.497 e. The zero-order chi connectivity index (χ0) is 31.0. The Balaban J connectivity index is 1.69. The number of carbonyl (C=O) groups is 2. The van der Waals surface area contributed by atoms with E-state index in [4.69, 9.17) is 18.9 Å². The summed E-state index contributed by atoms with van der Waals surface area (Å²) in [6.07, 6.45) is -0.386. The lowest BCUT2D eigenvalue weighted by Gasteiger charge is -2.43. The van der Waals surface area contributed by atoms with E-state index < -0.39 is 5.60 Å². The number of nitrogens with zero attached hydrogens (tertiary/aromatic N) is 3. The molecule has 0 N–H and O–H groups in total. The Kier molecular flexibility index (Phi) is 10.5.